The molecule has 0 aliphatic carbocycles. The summed E-state index contributed by atoms with van der Waals surface area (Å²) in [6.45, 7) is 0.282. The molecule has 0 heterocycles. The molecule has 0 bridgehead atoms. The molecule has 0 aromatic carbocycles. The molecule has 0 spiro atoms. The molecule has 0 fully saturated rings. The molecule has 2 N–H and O–H groups in total. The molecule has 0 aliphatic heterocycles. The van der Waals surface area contributed by atoms with Crippen LogP contribution in [0.5, 0.6) is 0 Å². The molecule has 3 heteroatoms. The van der Waals surface area contributed by atoms with Crippen molar-refractivity contribution < 1.29 is 4.52 Å². The largest absolute Gasteiger partial charge is 0.351 e. The zero-order chi connectivity index (χ0) is 3.41. The Labute approximate surface area is 27.6 Å². The summed E-state index contributed by atoms with van der Waals surface area (Å²) in [7, 11) is 2.03. The van der Waals surface area contributed by atoms with Gasteiger partial charge in [-0.1, -0.05) is 0 Å². The van der Waals surface area contributed by atoms with Crippen molar-refractivity contribution in [1.29, 1.82) is 0 Å². The molecule has 2 nitrogen and oxygen atoms in total. The second kappa shape index (κ2) is 3.35. The molecule has 1 unspecified atom stereocenters. The maximum atomic E-state index is 4.78. The average molecular weight is 79.0 g/mol. The minimum atomic E-state index is 0.282. The Morgan fingerprint density at radius 2 is 2.25 bits per heavy atom. The predicted octanol–water partition coefficient (Wildman–Crippen LogP) is -0.291. The van der Waals surface area contributed by atoms with E-state index >= 15 is 0 Å². The molecule has 0 aromatic heterocycles. The van der Waals surface area contributed by atoms with Crippen molar-refractivity contribution in [3.05, 3.63) is 0 Å². The van der Waals surface area contributed by atoms with Crippen LogP contribution in [-0.2, 0) is 4.52 Å². The van der Waals surface area contributed by atoms with Crippen LogP contribution in [0.25, 0.3) is 0 Å². The molecule has 0 aliphatic rings. The summed E-state index contributed by atoms with van der Waals surface area (Å²) >= 11 is 0. The van der Waals surface area contributed by atoms with Gasteiger partial charge in [-0.2, -0.15) is 0 Å². The van der Waals surface area contributed by atoms with Crippen molar-refractivity contribution in [2.45, 2.75) is 0 Å². The minimum Gasteiger partial charge on any atom is -0.351 e. The van der Waals surface area contributed by atoms with E-state index in [1.807, 2.05) is 9.47 Å². The second-order valence-corrected chi connectivity index (χ2v) is 0.667. The topological polar surface area (TPSA) is 35.2 Å². The first-order valence-electron chi connectivity index (χ1n) is 0.933. The van der Waals surface area contributed by atoms with E-state index in [0.717, 1.165) is 0 Å². The van der Waals surface area contributed by atoms with Crippen LogP contribution in [0.4, 0.5) is 0 Å². The maximum absolute atomic E-state index is 4.78. The quantitative estimate of drug-likeness (QED) is 0.346. The van der Waals surface area contributed by atoms with E-state index in [1.54, 1.807) is 0 Å². The van der Waals surface area contributed by atoms with E-state index in [2.05, 4.69) is 4.52 Å². The molecule has 0 amide bonds. The summed E-state index contributed by atoms with van der Waals surface area (Å²) in [5, 5.41) is 0. The Bertz CT molecular complexity index is 10.0. The summed E-state index contributed by atoms with van der Waals surface area (Å²) < 4.78 is 4.24. The summed E-state index contributed by atoms with van der Waals surface area (Å²) in [6.07, 6.45) is 0. The van der Waals surface area contributed by atoms with Gasteiger partial charge in [-0.05, 0) is 0 Å². The van der Waals surface area contributed by atoms with Gasteiger partial charge in [0.1, 0.15) is 0 Å². The minimum absolute atomic E-state index is 0.282. The van der Waals surface area contributed by atoms with Crippen LogP contribution < -0.4 is 5.73 Å². The van der Waals surface area contributed by atoms with Crippen molar-refractivity contribution in [2.75, 3.05) is 6.73 Å². The fraction of sp³-hybridized carbons (Fsp3) is 1.00. The number of nitrogens with two attached hydrogens (primary N) is 1. The third kappa shape index (κ3) is 2.35. The Morgan fingerprint density at radius 1 is 2.00 bits per heavy atom. The second-order valence-electron chi connectivity index (χ2n) is 0.333. The van der Waals surface area contributed by atoms with Crippen molar-refractivity contribution in [2.24, 2.45) is 5.73 Å². The lowest BCUT2D eigenvalue weighted by atomic mass is 11.4. The van der Waals surface area contributed by atoms with E-state index in [4.69, 9.17) is 5.73 Å². The molecule has 0 aromatic rings. The van der Waals surface area contributed by atoms with Gasteiger partial charge in [0, 0.05) is 9.47 Å². The van der Waals surface area contributed by atoms with Gasteiger partial charge < -0.3 is 10.3 Å². The van der Waals surface area contributed by atoms with Gasteiger partial charge in [-0.15, -0.1) is 0 Å². The van der Waals surface area contributed by atoms with Gasteiger partial charge in [0.15, 0.2) is 0 Å². The smallest absolute Gasteiger partial charge is 0.0976 e. The van der Waals surface area contributed by atoms with E-state index in [1.165, 1.54) is 0 Å². The highest BCUT2D eigenvalue weighted by Crippen LogP contribution is 1.73. The van der Waals surface area contributed by atoms with Gasteiger partial charge >= 0.3 is 0 Å². The summed E-state index contributed by atoms with van der Waals surface area (Å²) in [4.78, 5) is 0. The Morgan fingerprint density at radius 3 is 2.25 bits per heavy atom. The Hall–Kier alpha value is 0.350. The SMILES string of the molecule is NCOP. The Kier molecular flexibility index (Phi) is 3.64. The fourth-order valence-corrected chi connectivity index (χ4v) is 0. The first kappa shape index (κ1) is 4.35. The third-order valence-corrected chi connectivity index (χ3v) is 0.289. The van der Waals surface area contributed by atoms with Crippen molar-refractivity contribution >= 4 is 9.47 Å². The van der Waals surface area contributed by atoms with Crippen LogP contribution in [0.1, 0.15) is 0 Å². The van der Waals surface area contributed by atoms with Gasteiger partial charge in [-0.3, -0.25) is 0 Å². The van der Waals surface area contributed by atoms with Crippen LogP contribution in [0.15, 0.2) is 0 Å². The molecule has 0 saturated heterocycles. The lowest BCUT2D eigenvalue weighted by molar-refractivity contribution is 0.387. The molecule has 0 saturated carbocycles. The summed E-state index contributed by atoms with van der Waals surface area (Å²) in [5.41, 5.74) is 4.78. The number of hydrogen-bond donors (Lipinski definition) is 1. The zero-order valence-corrected chi connectivity index (χ0v) is 3.42. The first-order chi connectivity index (χ1) is 1.91. The van der Waals surface area contributed by atoms with E-state index in [-0.39, 0.29) is 6.73 Å². The van der Waals surface area contributed by atoms with Crippen LogP contribution in [0.2, 0.25) is 0 Å². The lowest BCUT2D eigenvalue weighted by Crippen LogP contribution is -1.94. The molecule has 0 rings (SSSR count). The molecule has 0 radical (unpaired) electrons. The molecule has 26 valence electrons. The van der Waals surface area contributed by atoms with E-state index in [9.17, 15) is 0 Å². The number of rotatable bonds is 1. The standard InChI is InChI=1S/CH6NOP/c2-1-3-4/h1-2,4H2. The van der Waals surface area contributed by atoms with Crippen LogP contribution >= 0.6 is 9.47 Å². The van der Waals surface area contributed by atoms with E-state index in [0.29, 0.717) is 0 Å². The lowest BCUT2D eigenvalue weighted by Gasteiger charge is -1.77. The number of hydrogen-bond acceptors (Lipinski definition) is 2. The highest BCUT2D eigenvalue weighted by molar-refractivity contribution is 7.09. The molecule has 4 heavy (non-hydrogen) atoms. The van der Waals surface area contributed by atoms with Crippen molar-refractivity contribution in [3.8, 4) is 0 Å². The van der Waals surface area contributed by atoms with Crippen LogP contribution in [0.3, 0.4) is 0 Å². The molecule has 1 atom stereocenters. The highest BCUT2D eigenvalue weighted by atomic mass is 31.0. The molecular formula is CH6NOP. The van der Waals surface area contributed by atoms with E-state index < -0.39 is 0 Å². The van der Waals surface area contributed by atoms with Crippen molar-refractivity contribution in [3.63, 3.8) is 0 Å². The van der Waals surface area contributed by atoms with Gasteiger partial charge in [0.05, 0.1) is 6.73 Å². The predicted molar refractivity (Wildman–Crippen MR) is 19.8 cm³/mol. The van der Waals surface area contributed by atoms with Gasteiger partial charge in [0.25, 0.3) is 0 Å². The maximum Gasteiger partial charge on any atom is 0.0976 e. The Balaban J connectivity index is 1.97. The van der Waals surface area contributed by atoms with Gasteiger partial charge in [0.2, 0.25) is 0 Å². The van der Waals surface area contributed by atoms with Gasteiger partial charge in [-0.25, -0.2) is 0 Å². The highest BCUT2D eigenvalue weighted by Gasteiger charge is 1.50. The molecular weight excluding hydrogens is 73.0 g/mol. The monoisotopic (exact) mass is 79.0 g/mol. The average Bonchev–Trinajstić information content (AvgIpc) is 1.37. The summed E-state index contributed by atoms with van der Waals surface area (Å²) in [6, 6.07) is 0. The van der Waals surface area contributed by atoms with Crippen LogP contribution in [0, 0.1) is 0 Å². The summed E-state index contributed by atoms with van der Waals surface area (Å²) in [5.74, 6) is 0. The van der Waals surface area contributed by atoms with Crippen LogP contribution in [-0.4, -0.2) is 6.73 Å². The normalized spacial score (nSPS) is 7.50. The van der Waals surface area contributed by atoms with Crippen molar-refractivity contribution in [1.82, 2.24) is 0 Å². The fourth-order valence-electron chi connectivity index (χ4n) is 0. The zero-order valence-electron chi connectivity index (χ0n) is 2.27. The first-order valence-corrected chi connectivity index (χ1v) is 1.40. The third-order valence-electron chi connectivity index (χ3n) is 0.0962.